The van der Waals surface area contributed by atoms with Crippen LogP contribution in [0.1, 0.15) is 122 Å². The highest BCUT2D eigenvalue weighted by Crippen LogP contribution is 2.67. The number of esters is 1. The van der Waals surface area contributed by atoms with Gasteiger partial charge in [-0.1, -0.05) is 71.6 Å². The smallest absolute Gasteiger partial charge is 0.338 e. The van der Waals surface area contributed by atoms with Crippen molar-refractivity contribution < 1.29 is 14.3 Å². The molecule has 3 heteroatoms. The molecule has 3 saturated carbocycles. The van der Waals surface area contributed by atoms with E-state index in [0.717, 1.165) is 66.9 Å². The summed E-state index contributed by atoms with van der Waals surface area (Å²) in [6.45, 7) is 16.9. The van der Waals surface area contributed by atoms with E-state index >= 15 is 0 Å². The van der Waals surface area contributed by atoms with Gasteiger partial charge in [0, 0.05) is 6.42 Å². The van der Waals surface area contributed by atoms with E-state index in [-0.39, 0.29) is 17.5 Å². The first kappa shape index (κ1) is 30.4. The molecule has 0 amide bonds. The van der Waals surface area contributed by atoms with E-state index in [1.807, 2.05) is 30.3 Å². The highest BCUT2D eigenvalue weighted by atomic mass is 16.5. The van der Waals surface area contributed by atoms with E-state index in [2.05, 4.69) is 47.3 Å². The molecular weight excluding hydrogens is 504 g/mol. The van der Waals surface area contributed by atoms with Gasteiger partial charge in [-0.3, -0.25) is 0 Å². The van der Waals surface area contributed by atoms with Crippen LogP contribution in [-0.4, -0.2) is 18.7 Å². The first-order chi connectivity index (χ1) is 19.7. The van der Waals surface area contributed by atoms with Gasteiger partial charge in [-0.25, -0.2) is 4.79 Å². The van der Waals surface area contributed by atoms with E-state index in [4.69, 9.17) is 9.47 Å². The van der Waals surface area contributed by atoms with Crippen LogP contribution in [0.25, 0.3) is 0 Å². The van der Waals surface area contributed by atoms with Crippen molar-refractivity contribution in [1.29, 1.82) is 0 Å². The van der Waals surface area contributed by atoms with Crippen LogP contribution in [0, 0.1) is 46.3 Å². The van der Waals surface area contributed by atoms with Crippen LogP contribution in [-0.2, 0) is 4.74 Å². The lowest BCUT2D eigenvalue weighted by atomic mass is 9.47. The Bertz CT molecular complexity index is 1090. The average Bonchev–Trinajstić information content (AvgIpc) is 3.31. The van der Waals surface area contributed by atoms with Gasteiger partial charge in [-0.2, -0.15) is 0 Å². The third-order valence-corrected chi connectivity index (χ3v) is 12.2. The zero-order chi connectivity index (χ0) is 29.2. The third-order valence-electron chi connectivity index (χ3n) is 12.2. The molecule has 41 heavy (non-hydrogen) atoms. The largest absolute Gasteiger partial charge is 0.493 e. The standard InChI is InChI=1S/C38H56O3/c1-7-8-24-40-30-15-12-28(13-16-30)36(39)41-31-20-22-37(5)29(25-31)14-17-32-34-19-18-33(27(4)11-9-10-26(2)3)38(34,6)23-21-35(32)37/h7,12-16,26-27,31-35H,1,8-11,17-25H2,2-6H3/t27-,31?,32+,33-,34+,35+,37+,38-/m1/s1. The molecule has 0 spiro atoms. The first-order valence-corrected chi connectivity index (χ1v) is 16.9. The lowest BCUT2D eigenvalue weighted by Crippen LogP contribution is -2.51. The molecule has 0 aromatic heterocycles. The summed E-state index contributed by atoms with van der Waals surface area (Å²) in [5, 5.41) is 0. The Morgan fingerprint density at radius 1 is 1.02 bits per heavy atom. The number of ether oxygens (including phenoxy) is 2. The fourth-order valence-corrected chi connectivity index (χ4v) is 9.92. The maximum atomic E-state index is 13.0. The second kappa shape index (κ2) is 12.7. The summed E-state index contributed by atoms with van der Waals surface area (Å²) in [4.78, 5) is 13.0. The SMILES string of the molecule is C=CCCOc1ccc(C(=O)OC2CC[C@@]3(C)C(=CC[C@H]4[C@@H]5CC[C@H]([C@H](C)CCCC(C)C)[C@@]5(C)CC[C@@H]43)C2)cc1. The van der Waals surface area contributed by atoms with Gasteiger partial charge >= 0.3 is 5.97 Å². The Hall–Kier alpha value is -2.03. The highest BCUT2D eigenvalue weighted by molar-refractivity contribution is 5.89. The van der Waals surface area contributed by atoms with Crippen LogP contribution in [0.4, 0.5) is 0 Å². The number of benzene rings is 1. The number of hydrogen-bond acceptors (Lipinski definition) is 3. The minimum Gasteiger partial charge on any atom is -0.493 e. The maximum absolute atomic E-state index is 13.0. The number of allylic oxidation sites excluding steroid dienone is 1. The van der Waals surface area contributed by atoms with Gasteiger partial charge < -0.3 is 9.47 Å². The molecule has 1 aromatic carbocycles. The molecule has 8 atom stereocenters. The quantitative estimate of drug-likeness (QED) is 0.153. The van der Waals surface area contributed by atoms with E-state index in [0.29, 0.717) is 17.6 Å². The summed E-state index contributed by atoms with van der Waals surface area (Å²) < 4.78 is 11.8. The molecule has 0 bridgehead atoms. The van der Waals surface area contributed by atoms with Crippen molar-refractivity contribution >= 4 is 5.97 Å². The Morgan fingerprint density at radius 2 is 1.80 bits per heavy atom. The second-order valence-electron chi connectivity index (χ2n) is 15.0. The molecule has 3 fully saturated rings. The lowest BCUT2D eigenvalue weighted by Gasteiger charge is -2.58. The molecule has 0 saturated heterocycles. The summed E-state index contributed by atoms with van der Waals surface area (Å²) in [6.07, 6.45) is 19.4. The van der Waals surface area contributed by atoms with Gasteiger partial charge in [-0.05, 0) is 122 Å². The Balaban J connectivity index is 1.20. The van der Waals surface area contributed by atoms with Gasteiger partial charge in [0.1, 0.15) is 11.9 Å². The Kier molecular flexibility index (Phi) is 9.41. The number of fused-ring (bicyclic) bond motifs is 5. The molecule has 1 unspecified atom stereocenters. The summed E-state index contributed by atoms with van der Waals surface area (Å²) in [5.74, 6) is 5.66. The fraction of sp³-hybridized carbons (Fsp3) is 0.711. The van der Waals surface area contributed by atoms with Crippen molar-refractivity contribution in [2.24, 2.45) is 46.3 Å². The molecule has 0 aliphatic heterocycles. The van der Waals surface area contributed by atoms with Crippen molar-refractivity contribution in [1.82, 2.24) is 0 Å². The van der Waals surface area contributed by atoms with Gasteiger partial charge in [0.15, 0.2) is 0 Å². The molecule has 3 nitrogen and oxygen atoms in total. The maximum Gasteiger partial charge on any atom is 0.338 e. The molecule has 0 N–H and O–H groups in total. The molecule has 226 valence electrons. The topological polar surface area (TPSA) is 35.5 Å². The van der Waals surface area contributed by atoms with Gasteiger partial charge in [0.25, 0.3) is 0 Å². The Morgan fingerprint density at radius 3 is 2.54 bits per heavy atom. The number of hydrogen-bond donors (Lipinski definition) is 0. The van der Waals surface area contributed by atoms with Gasteiger partial charge in [0.05, 0.1) is 12.2 Å². The predicted molar refractivity (Wildman–Crippen MR) is 169 cm³/mol. The van der Waals surface area contributed by atoms with Crippen molar-refractivity contribution in [3.8, 4) is 5.75 Å². The van der Waals surface area contributed by atoms with Crippen LogP contribution in [0.5, 0.6) is 5.75 Å². The molecule has 1 aromatic rings. The fourth-order valence-electron chi connectivity index (χ4n) is 9.92. The molecule has 4 aliphatic rings. The van der Waals surface area contributed by atoms with Gasteiger partial charge in [0.2, 0.25) is 0 Å². The van der Waals surface area contributed by atoms with Crippen LogP contribution >= 0.6 is 0 Å². The first-order valence-electron chi connectivity index (χ1n) is 16.9. The zero-order valence-electron chi connectivity index (χ0n) is 26.6. The van der Waals surface area contributed by atoms with E-state index in [9.17, 15) is 4.79 Å². The predicted octanol–water partition coefficient (Wildman–Crippen LogP) is 10.2. The Labute approximate surface area is 250 Å². The monoisotopic (exact) mass is 560 g/mol. The summed E-state index contributed by atoms with van der Waals surface area (Å²) >= 11 is 0. The van der Waals surface area contributed by atoms with Crippen molar-refractivity contribution in [3.63, 3.8) is 0 Å². The molecular formula is C38H56O3. The average molecular weight is 561 g/mol. The lowest BCUT2D eigenvalue weighted by molar-refractivity contribution is -0.0594. The van der Waals surface area contributed by atoms with Crippen molar-refractivity contribution in [2.45, 2.75) is 118 Å². The normalized spacial score (nSPS) is 35.1. The van der Waals surface area contributed by atoms with E-state index in [1.165, 1.54) is 51.4 Å². The molecule has 0 heterocycles. The number of rotatable bonds is 11. The molecule has 4 aliphatic carbocycles. The van der Waals surface area contributed by atoms with Crippen LogP contribution in [0.15, 0.2) is 48.6 Å². The van der Waals surface area contributed by atoms with Crippen LogP contribution in [0.3, 0.4) is 0 Å². The highest BCUT2D eigenvalue weighted by Gasteiger charge is 2.59. The second-order valence-corrected chi connectivity index (χ2v) is 15.0. The van der Waals surface area contributed by atoms with Crippen molar-refractivity contribution in [2.75, 3.05) is 6.61 Å². The zero-order valence-corrected chi connectivity index (χ0v) is 26.6. The minimum absolute atomic E-state index is 0.0155. The van der Waals surface area contributed by atoms with E-state index in [1.54, 1.807) is 5.57 Å². The number of carbonyl (C=O) groups excluding carboxylic acids is 1. The summed E-state index contributed by atoms with van der Waals surface area (Å²) in [6, 6.07) is 7.36. The van der Waals surface area contributed by atoms with Crippen LogP contribution in [0.2, 0.25) is 0 Å². The van der Waals surface area contributed by atoms with Crippen molar-refractivity contribution in [3.05, 3.63) is 54.1 Å². The molecule has 0 radical (unpaired) electrons. The van der Waals surface area contributed by atoms with Gasteiger partial charge in [-0.15, -0.1) is 6.58 Å². The minimum atomic E-state index is -0.210. The van der Waals surface area contributed by atoms with Crippen LogP contribution < -0.4 is 4.74 Å². The third kappa shape index (κ3) is 6.21. The molecule has 5 rings (SSSR count). The summed E-state index contributed by atoms with van der Waals surface area (Å²) in [5.41, 5.74) is 2.99. The van der Waals surface area contributed by atoms with E-state index < -0.39 is 0 Å². The summed E-state index contributed by atoms with van der Waals surface area (Å²) in [7, 11) is 0. The number of carbonyl (C=O) groups is 1.